The summed E-state index contributed by atoms with van der Waals surface area (Å²) in [7, 11) is 0. The van der Waals surface area contributed by atoms with Crippen molar-refractivity contribution >= 4 is 11.9 Å². The van der Waals surface area contributed by atoms with Gasteiger partial charge in [0, 0.05) is 6.04 Å². The molecular formula is C15H15FN4O3. The van der Waals surface area contributed by atoms with Crippen molar-refractivity contribution in [3.63, 3.8) is 0 Å². The molecule has 1 aliphatic rings. The van der Waals surface area contributed by atoms with Crippen LogP contribution < -0.4 is 5.32 Å². The monoisotopic (exact) mass is 318 g/mol. The zero-order valence-electron chi connectivity index (χ0n) is 12.1. The predicted molar refractivity (Wildman–Crippen MR) is 77.5 cm³/mol. The Labute approximate surface area is 131 Å². The van der Waals surface area contributed by atoms with Gasteiger partial charge in [0.15, 0.2) is 5.69 Å². The van der Waals surface area contributed by atoms with Crippen molar-refractivity contribution < 1.29 is 19.1 Å². The van der Waals surface area contributed by atoms with Gasteiger partial charge in [-0.05, 0) is 43.5 Å². The molecule has 1 aromatic carbocycles. The molecule has 0 saturated heterocycles. The first-order valence-corrected chi connectivity index (χ1v) is 7.25. The van der Waals surface area contributed by atoms with E-state index in [1.54, 1.807) is 0 Å². The second kappa shape index (κ2) is 6.15. The zero-order valence-corrected chi connectivity index (χ0v) is 12.1. The van der Waals surface area contributed by atoms with E-state index in [0.717, 1.165) is 0 Å². The number of rotatable bonds is 4. The van der Waals surface area contributed by atoms with E-state index in [2.05, 4.69) is 15.5 Å². The third kappa shape index (κ3) is 3.36. The number of nitrogens with one attached hydrogen (secondary N) is 1. The average molecular weight is 318 g/mol. The molecule has 120 valence electrons. The van der Waals surface area contributed by atoms with Gasteiger partial charge in [0.1, 0.15) is 5.82 Å². The van der Waals surface area contributed by atoms with Gasteiger partial charge in [0.05, 0.1) is 17.8 Å². The maximum absolute atomic E-state index is 12.9. The van der Waals surface area contributed by atoms with Gasteiger partial charge in [0.2, 0.25) is 0 Å². The van der Waals surface area contributed by atoms with Crippen LogP contribution in [0.2, 0.25) is 0 Å². The summed E-state index contributed by atoms with van der Waals surface area (Å²) in [6, 6.07) is 5.41. The van der Waals surface area contributed by atoms with E-state index in [1.165, 1.54) is 35.3 Å². The topological polar surface area (TPSA) is 97.1 Å². The molecule has 0 radical (unpaired) electrons. The quantitative estimate of drug-likeness (QED) is 0.888. The van der Waals surface area contributed by atoms with Gasteiger partial charge >= 0.3 is 5.97 Å². The van der Waals surface area contributed by atoms with Crippen molar-refractivity contribution in [2.75, 3.05) is 0 Å². The number of amides is 1. The Morgan fingerprint density at radius 3 is 2.65 bits per heavy atom. The highest BCUT2D eigenvalue weighted by molar-refractivity contribution is 5.92. The lowest BCUT2D eigenvalue weighted by Gasteiger charge is -2.10. The molecular weight excluding hydrogens is 303 g/mol. The molecule has 2 atom stereocenters. The lowest BCUT2D eigenvalue weighted by atomic mass is 10.1. The first-order valence-electron chi connectivity index (χ1n) is 7.25. The molecule has 1 heterocycles. The third-order valence-corrected chi connectivity index (χ3v) is 3.90. The highest BCUT2D eigenvalue weighted by Gasteiger charge is 2.31. The van der Waals surface area contributed by atoms with Gasteiger partial charge in [-0.15, -0.1) is 5.10 Å². The average Bonchev–Trinajstić information content (AvgIpc) is 3.17. The number of carbonyl (C=O) groups excluding carboxylic acids is 1. The molecule has 0 unspecified atom stereocenters. The number of carbonyl (C=O) groups is 2. The normalized spacial score (nSPS) is 20.4. The zero-order chi connectivity index (χ0) is 16.4. The van der Waals surface area contributed by atoms with Crippen LogP contribution in [-0.2, 0) is 4.79 Å². The second-order valence-corrected chi connectivity index (χ2v) is 5.51. The second-order valence-electron chi connectivity index (χ2n) is 5.51. The van der Waals surface area contributed by atoms with Gasteiger partial charge in [-0.25, -0.2) is 4.39 Å². The molecule has 1 fully saturated rings. The number of aliphatic carboxylic acids is 1. The molecule has 2 N–H and O–H groups in total. The fourth-order valence-corrected chi connectivity index (χ4v) is 2.66. The highest BCUT2D eigenvalue weighted by Crippen LogP contribution is 2.25. The molecule has 2 aromatic rings. The molecule has 8 heteroatoms. The summed E-state index contributed by atoms with van der Waals surface area (Å²) >= 11 is 0. The van der Waals surface area contributed by atoms with Crippen LogP contribution in [0.15, 0.2) is 30.5 Å². The van der Waals surface area contributed by atoms with Crippen LogP contribution in [0.3, 0.4) is 0 Å². The number of hydrogen-bond acceptors (Lipinski definition) is 4. The Hall–Kier alpha value is -2.77. The van der Waals surface area contributed by atoms with Crippen molar-refractivity contribution in [3.05, 3.63) is 42.0 Å². The highest BCUT2D eigenvalue weighted by atomic mass is 19.1. The Bertz CT molecular complexity index is 729. The van der Waals surface area contributed by atoms with E-state index < -0.39 is 17.8 Å². The molecule has 0 bridgehead atoms. The standard InChI is InChI=1S/C15H15FN4O3/c16-10-2-5-12(6-3-10)20-17-8-13(19-20)14(21)18-11-4-1-9(7-11)15(22)23/h2-3,5-6,8-9,11H,1,4,7H2,(H,18,21)(H,22,23)/t9-,11-/m0/s1. The SMILES string of the molecule is O=C(N[C@H]1CC[C@H](C(=O)O)C1)c1cnn(-c2ccc(F)cc2)n1. The number of hydrogen-bond donors (Lipinski definition) is 2. The van der Waals surface area contributed by atoms with Gasteiger partial charge in [-0.3, -0.25) is 9.59 Å². The Balaban J connectivity index is 1.65. The Kier molecular flexibility index (Phi) is 4.05. The smallest absolute Gasteiger partial charge is 0.306 e. The van der Waals surface area contributed by atoms with Crippen LogP contribution in [0.5, 0.6) is 0 Å². The molecule has 23 heavy (non-hydrogen) atoms. The van der Waals surface area contributed by atoms with E-state index >= 15 is 0 Å². The van der Waals surface area contributed by atoms with E-state index in [9.17, 15) is 14.0 Å². The molecule has 0 aliphatic heterocycles. The number of benzene rings is 1. The van der Waals surface area contributed by atoms with Crippen LogP contribution in [0.4, 0.5) is 4.39 Å². The molecule has 1 saturated carbocycles. The number of halogens is 1. The molecule has 0 spiro atoms. The molecule has 1 aliphatic carbocycles. The Morgan fingerprint density at radius 2 is 2.00 bits per heavy atom. The van der Waals surface area contributed by atoms with Gasteiger partial charge in [0.25, 0.3) is 5.91 Å². The maximum Gasteiger partial charge on any atom is 0.306 e. The van der Waals surface area contributed by atoms with Crippen LogP contribution in [0.1, 0.15) is 29.8 Å². The number of aromatic nitrogens is 3. The van der Waals surface area contributed by atoms with Crippen LogP contribution >= 0.6 is 0 Å². The maximum atomic E-state index is 12.9. The number of nitrogens with zero attached hydrogens (tertiary/aromatic N) is 3. The molecule has 1 aromatic heterocycles. The summed E-state index contributed by atoms with van der Waals surface area (Å²) in [6.07, 6.45) is 2.94. The minimum Gasteiger partial charge on any atom is -0.481 e. The lowest BCUT2D eigenvalue weighted by molar-refractivity contribution is -0.141. The van der Waals surface area contributed by atoms with Crippen LogP contribution in [0.25, 0.3) is 5.69 Å². The molecule has 1 amide bonds. The third-order valence-electron chi connectivity index (χ3n) is 3.90. The first-order chi connectivity index (χ1) is 11.0. The summed E-state index contributed by atoms with van der Waals surface area (Å²) in [5.74, 6) is -2.00. The van der Waals surface area contributed by atoms with Crippen molar-refractivity contribution in [2.24, 2.45) is 5.92 Å². The fourth-order valence-electron chi connectivity index (χ4n) is 2.66. The van der Waals surface area contributed by atoms with Crippen LogP contribution in [0, 0.1) is 11.7 Å². The van der Waals surface area contributed by atoms with Gasteiger partial charge < -0.3 is 10.4 Å². The first kappa shape index (κ1) is 15.1. The summed E-state index contributed by atoms with van der Waals surface area (Å²) in [4.78, 5) is 24.3. The van der Waals surface area contributed by atoms with Crippen molar-refractivity contribution in [1.29, 1.82) is 0 Å². The van der Waals surface area contributed by atoms with Gasteiger partial charge in [-0.2, -0.15) is 9.90 Å². The predicted octanol–water partition coefficient (Wildman–Crippen LogP) is 1.39. The Morgan fingerprint density at radius 1 is 1.26 bits per heavy atom. The summed E-state index contributed by atoms with van der Waals surface area (Å²) in [5, 5.41) is 19.8. The summed E-state index contributed by atoms with van der Waals surface area (Å²) in [5.41, 5.74) is 0.672. The van der Waals surface area contributed by atoms with E-state index in [-0.39, 0.29) is 17.6 Å². The minimum absolute atomic E-state index is 0.133. The van der Waals surface area contributed by atoms with Gasteiger partial charge in [-0.1, -0.05) is 0 Å². The van der Waals surface area contributed by atoms with Crippen molar-refractivity contribution in [3.8, 4) is 5.69 Å². The van der Waals surface area contributed by atoms with E-state index in [4.69, 9.17) is 5.11 Å². The molecule has 7 nitrogen and oxygen atoms in total. The summed E-state index contributed by atoms with van der Waals surface area (Å²) in [6.45, 7) is 0. The fraction of sp³-hybridized carbons (Fsp3) is 0.333. The number of carboxylic acids is 1. The number of carboxylic acid groups (broad SMARTS) is 1. The van der Waals surface area contributed by atoms with Crippen LogP contribution in [-0.4, -0.2) is 38.0 Å². The largest absolute Gasteiger partial charge is 0.481 e. The summed E-state index contributed by atoms with van der Waals surface area (Å²) < 4.78 is 12.9. The lowest BCUT2D eigenvalue weighted by Crippen LogP contribution is -2.33. The van der Waals surface area contributed by atoms with Crippen molar-refractivity contribution in [2.45, 2.75) is 25.3 Å². The van der Waals surface area contributed by atoms with Crippen molar-refractivity contribution in [1.82, 2.24) is 20.3 Å². The minimum atomic E-state index is -0.830. The van der Waals surface area contributed by atoms with E-state index in [0.29, 0.717) is 24.9 Å². The molecule has 3 rings (SSSR count). The van der Waals surface area contributed by atoms with E-state index in [1.807, 2.05) is 0 Å².